The van der Waals surface area contributed by atoms with E-state index in [2.05, 4.69) is 9.97 Å². The maximum Gasteiger partial charge on any atom is 0.276 e. The van der Waals surface area contributed by atoms with Gasteiger partial charge in [0.05, 0.1) is 6.61 Å². The van der Waals surface area contributed by atoms with Crippen molar-refractivity contribution in [2.24, 2.45) is 7.05 Å². The van der Waals surface area contributed by atoms with Crippen LogP contribution in [0.4, 0.5) is 5.95 Å². The summed E-state index contributed by atoms with van der Waals surface area (Å²) in [5, 5.41) is 29.0. The number of rotatable bonds is 2. The van der Waals surface area contributed by atoms with Crippen molar-refractivity contribution in [3.05, 3.63) is 22.1 Å². The van der Waals surface area contributed by atoms with Gasteiger partial charge >= 0.3 is 0 Å². The summed E-state index contributed by atoms with van der Waals surface area (Å²) < 4.78 is 7.01. The molecule has 3 rings (SSSR count). The van der Waals surface area contributed by atoms with Gasteiger partial charge in [-0.1, -0.05) is 0 Å². The number of aromatic amines is 1. The molecule has 0 aromatic carbocycles. The summed E-state index contributed by atoms with van der Waals surface area (Å²) >= 11 is 0. The lowest BCUT2D eigenvalue weighted by molar-refractivity contribution is -0.0224. The van der Waals surface area contributed by atoms with Crippen LogP contribution in [0.1, 0.15) is 11.7 Å². The summed E-state index contributed by atoms with van der Waals surface area (Å²) in [6, 6.07) is 0. The highest BCUT2D eigenvalue weighted by Crippen LogP contribution is 2.36. The summed E-state index contributed by atoms with van der Waals surface area (Å²) in [6.45, 7) is -0.421. The van der Waals surface area contributed by atoms with Crippen LogP contribution in [0.3, 0.4) is 0 Å². The van der Waals surface area contributed by atoms with Gasteiger partial charge in [0.15, 0.2) is 0 Å². The summed E-state index contributed by atoms with van der Waals surface area (Å²) in [7, 11) is 1.65. The van der Waals surface area contributed by atoms with Crippen molar-refractivity contribution >= 4 is 17.0 Å². The lowest BCUT2D eigenvalue weighted by Gasteiger charge is -2.13. The Morgan fingerprint density at radius 1 is 1.48 bits per heavy atom. The van der Waals surface area contributed by atoms with Crippen LogP contribution in [0.2, 0.25) is 0 Å². The molecule has 6 N–H and O–H groups in total. The fourth-order valence-corrected chi connectivity index (χ4v) is 2.71. The number of nitrogens with two attached hydrogens (primary N) is 1. The number of aryl methyl sites for hydroxylation is 1. The van der Waals surface area contributed by atoms with Crippen LogP contribution in [0.15, 0.2) is 11.0 Å². The highest BCUT2D eigenvalue weighted by atomic mass is 16.6. The molecule has 0 amide bonds. The Morgan fingerprint density at radius 3 is 2.81 bits per heavy atom. The molecule has 9 heteroatoms. The molecule has 114 valence electrons. The number of nitrogens with zero attached hydrogens (tertiary/aromatic N) is 2. The highest BCUT2D eigenvalue weighted by molar-refractivity contribution is 5.80. The van der Waals surface area contributed by atoms with E-state index in [-0.39, 0.29) is 11.5 Å². The number of H-pyrrole nitrogens is 1. The van der Waals surface area contributed by atoms with Crippen molar-refractivity contribution in [1.29, 1.82) is 0 Å². The van der Waals surface area contributed by atoms with Crippen LogP contribution < -0.4 is 11.3 Å². The Kier molecular flexibility index (Phi) is 3.21. The van der Waals surface area contributed by atoms with E-state index < -0.39 is 36.6 Å². The van der Waals surface area contributed by atoms with Crippen molar-refractivity contribution in [3.63, 3.8) is 0 Å². The summed E-state index contributed by atoms with van der Waals surface area (Å²) in [5.41, 5.74) is 6.17. The van der Waals surface area contributed by atoms with Crippen molar-refractivity contribution in [2.75, 3.05) is 12.3 Å². The smallest absolute Gasteiger partial charge is 0.276 e. The average molecular weight is 296 g/mol. The Hall–Kier alpha value is -1.94. The number of ether oxygens (including phenoxy) is 1. The number of aliphatic hydroxyl groups is 3. The van der Waals surface area contributed by atoms with Gasteiger partial charge in [0, 0.05) is 18.8 Å². The highest BCUT2D eigenvalue weighted by Gasteiger charge is 2.44. The SMILES string of the molecule is Cn1cc([C@@H]2O[C@H](CO)[C@@H](O)C2O)c2nc(N)[nH]c(=O)c21. The zero-order chi connectivity index (χ0) is 15.3. The van der Waals surface area contributed by atoms with Crippen molar-refractivity contribution in [3.8, 4) is 0 Å². The Balaban J connectivity index is 2.16. The summed E-state index contributed by atoms with van der Waals surface area (Å²) in [6.07, 6.45) is -2.63. The molecule has 1 aliphatic heterocycles. The number of hydrogen-bond acceptors (Lipinski definition) is 7. The molecular weight excluding hydrogens is 280 g/mol. The number of nitrogens with one attached hydrogen (secondary N) is 1. The van der Waals surface area contributed by atoms with Crippen LogP contribution in [-0.2, 0) is 11.8 Å². The van der Waals surface area contributed by atoms with Gasteiger partial charge in [-0.3, -0.25) is 9.78 Å². The zero-order valence-electron chi connectivity index (χ0n) is 11.2. The van der Waals surface area contributed by atoms with Gasteiger partial charge in [-0.05, 0) is 0 Å². The first-order valence-electron chi connectivity index (χ1n) is 6.41. The number of aromatic nitrogens is 3. The average Bonchev–Trinajstić information content (AvgIpc) is 2.89. The molecule has 21 heavy (non-hydrogen) atoms. The van der Waals surface area contributed by atoms with Gasteiger partial charge in [-0.2, -0.15) is 0 Å². The predicted octanol–water partition coefficient (Wildman–Crippen LogP) is -2.00. The molecule has 9 nitrogen and oxygen atoms in total. The topological polar surface area (TPSA) is 147 Å². The lowest BCUT2D eigenvalue weighted by atomic mass is 10.0. The second-order valence-corrected chi connectivity index (χ2v) is 5.10. The maximum atomic E-state index is 11.9. The minimum Gasteiger partial charge on any atom is -0.394 e. The molecule has 0 spiro atoms. The van der Waals surface area contributed by atoms with Crippen LogP contribution in [0.25, 0.3) is 11.0 Å². The Labute approximate surface area is 118 Å². The van der Waals surface area contributed by atoms with Crippen LogP contribution in [0.5, 0.6) is 0 Å². The van der Waals surface area contributed by atoms with Gasteiger partial charge in [-0.25, -0.2) is 4.98 Å². The van der Waals surface area contributed by atoms with E-state index in [9.17, 15) is 15.0 Å². The zero-order valence-corrected chi connectivity index (χ0v) is 11.2. The van der Waals surface area contributed by atoms with E-state index >= 15 is 0 Å². The van der Waals surface area contributed by atoms with Gasteiger partial charge in [-0.15, -0.1) is 0 Å². The fourth-order valence-electron chi connectivity index (χ4n) is 2.71. The number of fused-ring (bicyclic) bond motifs is 1. The maximum absolute atomic E-state index is 11.9. The van der Waals surface area contributed by atoms with E-state index in [4.69, 9.17) is 15.6 Å². The molecule has 3 heterocycles. The number of anilines is 1. The molecule has 1 aliphatic rings. The van der Waals surface area contributed by atoms with E-state index in [1.807, 2.05) is 0 Å². The normalized spacial score (nSPS) is 29.3. The molecular formula is C12H16N4O5. The number of aliphatic hydroxyl groups excluding tert-OH is 3. The molecule has 0 aliphatic carbocycles. The summed E-state index contributed by atoms with van der Waals surface area (Å²) in [5.74, 6) is -0.0494. The molecule has 1 saturated heterocycles. The number of hydrogen-bond donors (Lipinski definition) is 5. The van der Waals surface area contributed by atoms with E-state index in [1.54, 1.807) is 17.8 Å². The van der Waals surface area contributed by atoms with E-state index in [0.29, 0.717) is 11.1 Å². The minimum atomic E-state index is -1.23. The van der Waals surface area contributed by atoms with Crippen LogP contribution in [-0.4, -0.2) is 54.8 Å². The molecule has 0 bridgehead atoms. The first-order chi connectivity index (χ1) is 9.93. The molecule has 0 saturated carbocycles. The standard InChI is InChI=1S/C12H16N4O5/c1-16-2-4(6-7(16)11(20)15-12(13)14-6)10-9(19)8(18)5(3-17)21-10/h2,5,8-10,17-19H,3H2,1H3,(H3,13,14,15,20)/t5-,8-,9?,10+/m1/s1. The first-order valence-corrected chi connectivity index (χ1v) is 6.41. The third kappa shape index (κ3) is 2.02. The van der Waals surface area contributed by atoms with E-state index in [0.717, 1.165) is 0 Å². The van der Waals surface area contributed by atoms with Crippen molar-refractivity contribution in [2.45, 2.75) is 24.4 Å². The van der Waals surface area contributed by atoms with Crippen LogP contribution in [0, 0.1) is 0 Å². The van der Waals surface area contributed by atoms with Gasteiger partial charge < -0.3 is 30.4 Å². The molecule has 1 fully saturated rings. The Morgan fingerprint density at radius 2 is 2.19 bits per heavy atom. The second kappa shape index (κ2) is 4.81. The summed E-state index contributed by atoms with van der Waals surface area (Å²) in [4.78, 5) is 18.4. The van der Waals surface area contributed by atoms with Gasteiger partial charge in [0.25, 0.3) is 5.56 Å². The third-order valence-electron chi connectivity index (χ3n) is 3.72. The quantitative estimate of drug-likeness (QED) is 0.430. The fraction of sp³-hybridized carbons (Fsp3) is 0.500. The van der Waals surface area contributed by atoms with Crippen LogP contribution >= 0.6 is 0 Å². The van der Waals surface area contributed by atoms with E-state index in [1.165, 1.54) is 0 Å². The van der Waals surface area contributed by atoms with Gasteiger partial charge in [0.1, 0.15) is 35.4 Å². The third-order valence-corrected chi connectivity index (χ3v) is 3.72. The molecule has 0 radical (unpaired) electrons. The molecule has 2 aromatic rings. The van der Waals surface area contributed by atoms with Crippen molar-refractivity contribution < 1.29 is 20.1 Å². The molecule has 4 atom stereocenters. The first kappa shape index (κ1) is 14.0. The minimum absolute atomic E-state index is 0.0494. The van der Waals surface area contributed by atoms with Gasteiger partial charge in [0.2, 0.25) is 5.95 Å². The molecule has 2 aromatic heterocycles. The predicted molar refractivity (Wildman–Crippen MR) is 72.5 cm³/mol. The Bertz CT molecular complexity index is 739. The monoisotopic (exact) mass is 296 g/mol. The van der Waals surface area contributed by atoms with Crippen molar-refractivity contribution in [1.82, 2.24) is 14.5 Å². The largest absolute Gasteiger partial charge is 0.394 e. The lowest BCUT2D eigenvalue weighted by Crippen LogP contribution is -2.32. The second-order valence-electron chi connectivity index (χ2n) is 5.10. The number of nitrogen functional groups attached to an aromatic ring is 1. The molecule has 1 unspecified atom stereocenters.